The van der Waals surface area contributed by atoms with E-state index in [1.54, 1.807) is 6.08 Å². The second-order valence-corrected chi connectivity index (χ2v) is 18.6. The Labute approximate surface area is 427 Å². The van der Waals surface area contributed by atoms with E-state index in [1.165, 1.54) is 89.9 Å². The molecule has 0 aromatic carbocycles. The molecule has 0 aromatic heterocycles. The summed E-state index contributed by atoms with van der Waals surface area (Å²) in [6.07, 6.45) is 66.8. The highest BCUT2D eigenvalue weighted by molar-refractivity contribution is 5.76. The van der Waals surface area contributed by atoms with Crippen molar-refractivity contribution in [1.29, 1.82) is 0 Å². The smallest absolute Gasteiger partial charge is 0.220 e. The van der Waals surface area contributed by atoms with Crippen LogP contribution in [0.3, 0.4) is 0 Å². The van der Waals surface area contributed by atoms with Gasteiger partial charge < -0.3 is 40.3 Å². The third kappa shape index (κ3) is 38.3. The minimum Gasteiger partial charge on any atom is -0.394 e. The maximum Gasteiger partial charge on any atom is 0.220 e. The van der Waals surface area contributed by atoms with Gasteiger partial charge in [0.25, 0.3) is 0 Å². The zero-order valence-corrected chi connectivity index (χ0v) is 44.0. The fourth-order valence-electron chi connectivity index (χ4n) is 7.92. The van der Waals surface area contributed by atoms with Gasteiger partial charge in [-0.2, -0.15) is 0 Å². The van der Waals surface area contributed by atoms with Crippen molar-refractivity contribution in [1.82, 2.24) is 5.32 Å². The summed E-state index contributed by atoms with van der Waals surface area (Å²) in [4.78, 5) is 13.0. The molecule has 9 heteroatoms. The average Bonchev–Trinajstić information content (AvgIpc) is 3.36. The third-order valence-corrected chi connectivity index (χ3v) is 12.3. The van der Waals surface area contributed by atoms with Gasteiger partial charge in [0.05, 0.1) is 25.4 Å². The van der Waals surface area contributed by atoms with Crippen LogP contribution in [0.2, 0.25) is 0 Å². The molecule has 0 aromatic rings. The van der Waals surface area contributed by atoms with Crippen molar-refractivity contribution >= 4 is 5.91 Å². The van der Waals surface area contributed by atoms with Crippen molar-refractivity contribution in [2.45, 2.75) is 243 Å². The molecular weight excluding hydrogens is 875 g/mol. The second kappa shape index (κ2) is 49.2. The number of carbonyl (C=O) groups is 1. The standard InChI is InChI=1S/C61H101NO8/c1-3-5-7-9-11-13-15-17-19-21-23-24-25-26-27-28-29-30-31-32-33-35-37-39-41-43-45-47-49-51-57(65)62-54(53-69-61-60(68)59(67)58(66)56(52-63)70-61)55(64)50-48-46-44-42-40-38-36-34-22-20-18-16-14-12-10-8-6-4-2/h5,7,11,13,17,19,23-24,26-27,29-30,32-33,37,39,43,45,48,50,54-56,58-61,63-64,66-68H,3-4,6,8-10,12,14-16,18,20-22,25,28,31,34-36,38,40-42,44,46-47,49,51-53H2,1-2H3,(H,62,65)/b7-5-,13-11-,19-17-,24-23-,27-26-,30-29-,33-32-,39-37-,45-43-,50-48+. The molecule has 70 heavy (non-hydrogen) atoms. The lowest BCUT2D eigenvalue weighted by Gasteiger charge is -2.40. The number of hydrogen-bond acceptors (Lipinski definition) is 8. The molecule has 0 radical (unpaired) electrons. The van der Waals surface area contributed by atoms with Gasteiger partial charge >= 0.3 is 0 Å². The lowest BCUT2D eigenvalue weighted by Crippen LogP contribution is -2.60. The Morgan fingerprint density at radius 2 is 0.886 bits per heavy atom. The predicted octanol–water partition coefficient (Wildman–Crippen LogP) is 13.6. The van der Waals surface area contributed by atoms with Gasteiger partial charge in [-0.15, -0.1) is 0 Å². The summed E-state index contributed by atoms with van der Waals surface area (Å²) >= 11 is 0. The van der Waals surface area contributed by atoms with Crippen LogP contribution < -0.4 is 5.32 Å². The van der Waals surface area contributed by atoms with Crippen molar-refractivity contribution in [2.75, 3.05) is 13.2 Å². The van der Waals surface area contributed by atoms with Crippen molar-refractivity contribution in [2.24, 2.45) is 0 Å². The number of nitrogens with one attached hydrogen (secondary N) is 1. The summed E-state index contributed by atoms with van der Waals surface area (Å²) in [6.45, 7) is 3.62. The van der Waals surface area contributed by atoms with E-state index >= 15 is 0 Å². The molecule has 1 aliphatic heterocycles. The summed E-state index contributed by atoms with van der Waals surface area (Å²) in [7, 11) is 0. The van der Waals surface area contributed by atoms with Gasteiger partial charge in [0.15, 0.2) is 6.29 Å². The molecule has 1 saturated heterocycles. The number of aliphatic hydroxyl groups is 5. The molecule has 9 nitrogen and oxygen atoms in total. The van der Waals surface area contributed by atoms with Crippen molar-refractivity contribution in [3.05, 3.63) is 122 Å². The first kappa shape index (κ1) is 64.6. The molecule has 1 aliphatic rings. The first-order valence-electron chi connectivity index (χ1n) is 27.8. The quantitative estimate of drug-likeness (QED) is 0.0261. The van der Waals surface area contributed by atoms with Crippen LogP contribution in [0.5, 0.6) is 0 Å². The van der Waals surface area contributed by atoms with Crippen LogP contribution >= 0.6 is 0 Å². The van der Waals surface area contributed by atoms with Crippen LogP contribution in [0.1, 0.15) is 200 Å². The number of aliphatic hydroxyl groups excluding tert-OH is 5. The minimum atomic E-state index is -1.58. The lowest BCUT2D eigenvalue weighted by atomic mass is 9.99. The molecule has 0 saturated carbocycles. The molecular formula is C61H101NO8. The highest BCUT2D eigenvalue weighted by Gasteiger charge is 2.44. The van der Waals surface area contributed by atoms with E-state index in [1.807, 2.05) is 6.08 Å². The Hall–Kier alpha value is -3.41. The summed E-state index contributed by atoms with van der Waals surface area (Å²) in [5.41, 5.74) is 0. The molecule has 0 spiro atoms. The van der Waals surface area contributed by atoms with E-state index in [9.17, 15) is 30.3 Å². The Morgan fingerprint density at radius 1 is 0.500 bits per heavy atom. The van der Waals surface area contributed by atoms with Crippen LogP contribution in [0, 0.1) is 0 Å². The van der Waals surface area contributed by atoms with E-state index in [4.69, 9.17) is 9.47 Å². The number of rotatable bonds is 45. The highest BCUT2D eigenvalue weighted by atomic mass is 16.7. The van der Waals surface area contributed by atoms with Crippen LogP contribution in [0.15, 0.2) is 122 Å². The minimum absolute atomic E-state index is 0.219. The average molecular weight is 976 g/mol. The number of ether oxygens (including phenoxy) is 2. The Morgan fingerprint density at radius 3 is 1.30 bits per heavy atom. The number of unbranched alkanes of at least 4 members (excludes halogenated alkanes) is 17. The largest absolute Gasteiger partial charge is 0.394 e. The summed E-state index contributed by atoms with van der Waals surface area (Å²) in [5.74, 6) is -0.239. The van der Waals surface area contributed by atoms with Gasteiger partial charge in [0, 0.05) is 6.42 Å². The summed E-state index contributed by atoms with van der Waals surface area (Å²) in [5, 5.41) is 54.4. The molecule has 1 rings (SSSR count). The van der Waals surface area contributed by atoms with Crippen molar-refractivity contribution in [3.63, 3.8) is 0 Å². The normalized spacial score (nSPS) is 20.4. The fourth-order valence-corrected chi connectivity index (χ4v) is 7.92. The number of carbonyl (C=O) groups excluding carboxylic acids is 1. The molecule has 7 atom stereocenters. The molecule has 0 aliphatic carbocycles. The first-order valence-corrected chi connectivity index (χ1v) is 27.8. The molecule has 398 valence electrons. The Bertz CT molecular complexity index is 1510. The topological polar surface area (TPSA) is 149 Å². The van der Waals surface area contributed by atoms with Gasteiger partial charge in [-0.3, -0.25) is 4.79 Å². The number of allylic oxidation sites excluding steroid dienone is 19. The summed E-state index contributed by atoms with van der Waals surface area (Å²) < 4.78 is 11.2. The van der Waals surface area contributed by atoms with Gasteiger partial charge in [-0.25, -0.2) is 0 Å². The van der Waals surface area contributed by atoms with E-state index in [-0.39, 0.29) is 18.9 Å². The number of hydrogen-bond donors (Lipinski definition) is 6. The predicted molar refractivity (Wildman–Crippen MR) is 294 cm³/mol. The maximum absolute atomic E-state index is 13.0. The zero-order valence-electron chi connectivity index (χ0n) is 44.0. The van der Waals surface area contributed by atoms with Crippen molar-refractivity contribution < 1.29 is 39.8 Å². The molecule has 6 N–H and O–H groups in total. The second-order valence-electron chi connectivity index (χ2n) is 18.6. The molecule has 1 fully saturated rings. The van der Waals surface area contributed by atoms with E-state index in [0.29, 0.717) is 6.42 Å². The lowest BCUT2D eigenvalue weighted by molar-refractivity contribution is -0.302. The Balaban J connectivity index is 2.33. The van der Waals surface area contributed by atoms with Gasteiger partial charge in [0.2, 0.25) is 5.91 Å². The SMILES string of the molecule is CC/C=C\C/C=C\C/C=C\C/C=C\C/C=C\C/C=C\C/C=C\C/C=C\C/C=C\CCCC(=O)NC(COC1OC(CO)C(O)C(O)C1O)C(O)/C=C/CCCCCCCCCCCCCCCCCC. The fraction of sp³-hybridized carbons (Fsp3) is 0.656. The summed E-state index contributed by atoms with van der Waals surface area (Å²) in [6, 6.07) is -0.845. The van der Waals surface area contributed by atoms with E-state index < -0.39 is 49.5 Å². The van der Waals surface area contributed by atoms with E-state index in [0.717, 1.165) is 83.5 Å². The molecule has 7 unspecified atom stereocenters. The molecule has 0 bridgehead atoms. The first-order chi connectivity index (χ1) is 34.3. The Kier molecular flexibility index (Phi) is 45.4. The van der Waals surface area contributed by atoms with Crippen LogP contribution in [0.4, 0.5) is 0 Å². The van der Waals surface area contributed by atoms with Gasteiger partial charge in [-0.1, -0.05) is 232 Å². The van der Waals surface area contributed by atoms with Crippen LogP contribution in [0.25, 0.3) is 0 Å². The van der Waals surface area contributed by atoms with E-state index in [2.05, 4.69) is 129 Å². The van der Waals surface area contributed by atoms with Gasteiger partial charge in [-0.05, 0) is 83.5 Å². The maximum atomic E-state index is 13.0. The zero-order chi connectivity index (χ0) is 50.8. The van der Waals surface area contributed by atoms with Gasteiger partial charge in [0.1, 0.15) is 24.4 Å². The monoisotopic (exact) mass is 976 g/mol. The highest BCUT2D eigenvalue weighted by Crippen LogP contribution is 2.22. The molecule has 1 heterocycles. The molecule has 1 amide bonds. The van der Waals surface area contributed by atoms with Crippen LogP contribution in [-0.4, -0.2) is 87.5 Å². The third-order valence-electron chi connectivity index (χ3n) is 12.3. The van der Waals surface area contributed by atoms with Crippen LogP contribution in [-0.2, 0) is 14.3 Å². The van der Waals surface area contributed by atoms with Crippen molar-refractivity contribution in [3.8, 4) is 0 Å². The number of amides is 1.